The summed E-state index contributed by atoms with van der Waals surface area (Å²) >= 11 is 0. The number of rotatable bonds is 3. The van der Waals surface area contributed by atoms with Crippen molar-refractivity contribution in [1.29, 1.82) is 0 Å². The molecular weight excluding hydrogens is 214 g/mol. The molecule has 0 atom stereocenters. The number of hydrogen-bond acceptors (Lipinski definition) is 4. The zero-order valence-corrected chi connectivity index (χ0v) is 9.89. The molecule has 0 fully saturated rings. The standard InChI is InChI=1S/C10H15NO3S/c1-7-4-10(15(3,12)13)5-9(6-14-11)8(7)2/h4-5H,6,11H2,1-3H3. The molecule has 1 aromatic rings. The Bertz CT molecular complexity index is 466. The first-order valence-corrected chi connectivity index (χ1v) is 6.37. The number of nitrogens with two attached hydrogens (primary N) is 1. The van der Waals surface area contributed by atoms with Crippen LogP contribution in [0.1, 0.15) is 16.7 Å². The van der Waals surface area contributed by atoms with Gasteiger partial charge in [-0.25, -0.2) is 14.3 Å². The van der Waals surface area contributed by atoms with Gasteiger partial charge in [0.2, 0.25) is 0 Å². The van der Waals surface area contributed by atoms with Crippen LogP contribution in [0.4, 0.5) is 0 Å². The molecule has 4 nitrogen and oxygen atoms in total. The maximum atomic E-state index is 11.4. The molecule has 0 radical (unpaired) electrons. The van der Waals surface area contributed by atoms with E-state index in [-0.39, 0.29) is 6.61 Å². The van der Waals surface area contributed by atoms with Gasteiger partial charge in [-0.1, -0.05) is 0 Å². The van der Waals surface area contributed by atoms with Crippen molar-refractivity contribution in [3.63, 3.8) is 0 Å². The third-order valence-electron chi connectivity index (χ3n) is 2.42. The lowest BCUT2D eigenvalue weighted by Crippen LogP contribution is -2.05. The molecule has 0 saturated heterocycles. The molecule has 0 aliphatic heterocycles. The highest BCUT2D eigenvalue weighted by Crippen LogP contribution is 2.20. The topological polar surface area (TPSA) is 69.4 Å². The Labute approximate surface area is 89.9 Å². The Morgan fingerprint density at radius 3 is 2.40 bits per heavy atom. The highest BCUT2D eigenvalue weighted by molar-refractivity contribution is 7.90. The molecule has 1 aromatic carbocycles. The van der Waals surface area contributed by atoms with Gasteiger partial charge >= 0.3 is 0 Å². The molecule has 1 rings (SSSR count). The number of benzene rings is 1. The Morgan fingerprint density at radius 2 is 1.93 bits per heavy atom. The summed E-state index contributed by atoms with van der Waals surface area (Å²) in [4.78, 5) is 4.84. The highest BCUT2D eigenvalue weighted by atomic mass is 32.2. The van der Waals surface area contributed by atoms with Gasteiger partial charge in [-0.3, -0.25) is 4.84 Å². The molecule has 0 bridgehead atoms. The van der Waals surface area contributed by atoms with E-state index in [1.165, 1.54) is 6.26 Å². The van der Waals surface area contributed by atoms with E-state index in [1.807, 2.05) is 13.8 Å². The fourth-order valence-electron chi connectivity index (χ4n) is 1.35. The summed E-state index contributed by atoms with van der Waals surface area (Å²) in [5, 5.41) is 0. The predicted molar refractivity (Wildman–Crippen MR) is 58.0 cm³/mol. The summed E-state index contributed by atoms with van der Waals surface area (Å²) in [6, 6.07) is 3.26. The average Bonchev–Trinajstić information content (AvgIpc) is 2.11. The zero-order valence-electron chi connectivity index (χ0n) is 9.07. The molecule has 0 unspecified atom stereocenters. The molecule has 0 heterocycles. The van der Waals surface area contributed by atoms with Crippen molar-refractivity contribution in [1.82, 2.24) is 0 Å². The number of hydrogen-bond donors (Lipinski definition) is 1. The molecular formula is C10H15NO3S. The first-order valence-electron chi connectivity index (χ1n) is 4.48. The van der Waals surface area contributed by atoms with Crippen LogP contribution in [-0.2, 0) is 21.3 Å². The second-order valence-corrected chi connectivity index (χ2v) is 5.62. The molecule has 84 valence electrons. The minimum atomic E-state index is -3.18. The van der Waals surface area contributed by atoms with Crippen molar-refractivity contribution in [2.45, 2.75) is 25.3 Å². The van der Waals surface area contributed by atoms with Gasteiger partial charge in [0.05, 0.1) is 11.5 Å². The van der Waals surface area contributed by atoms with E-state index < -0.39 is 9.84 Å². The molecule has 0 spiro atoms. The largest absolute Gasteiger partial charge is 0.300 e. The van der Waals surface area contributed by atoms with E-state index in [0.717, 1.165) is 16.7 Å². The zero-order chi connectivity index (χ0) is 11.6. The summed E-state index contributed by atoms with van der Waals surface area (Å²) in [5.41, 5.74) is 2.73. The smallest absolute Gasteiger partial charge is 0.175 e. The first kappa shape index (κ1) is 12.2. The van der Waals surface area contributed by atoms with Crippen molar-refractivity contribution in [2.75, 3.05) is 6.26 Å². The SMILES string of the molecule is Cc1cc(S(C)(=O)=O)cc(CON)c1C. The lowest BCUT2D eigenvalue weighted by molar-refractivity contribution is 0.123. The van der Waals surface area contributed by atoms with Crippen LogP contribution >= 0.6 is 0 Å². The van der Waals surface area contributed by atoms with Crippen molar-refractivity contribution in [3.05, 3.63) is 28.8 Å². The average molecular weight is 229 g/mol. The van der Waals surface area contributed by atoms with E-state index in [9.17, 15) is 8.42 Å². The molecule has 0 amide bonds. The minimum absolute atomic E-state index is 0.218. The number of aryl methyl sites for hydroxylation is 1. The summed E-state index contributed by atoms with van der Waals surface area (Å²) in [6.07, 6.45) is 1.18. The monoisotopic (exact) mass is 229 g/mol. The van der Waals surface area contributed by atoms with Crippen LogP contribution in [0.3, 0.4) is 0 Å². The van der Waals surface area contributed by atoms with E-state index in [2.05, 4.69) is 4.84 Å². The maximum absolute atomic E-state index is 11.4. The Hall–Kier alpha value is -0.910. The normalized spacial score (nSPS) is 11.7. The third kappa shape index (κ3) is 2.77. The van der Waals surface area contributed by atoms with Gasteiger partial charge in [-0.15, -0.1) is 0 Å². The summed E-state index contributed by atoms with van der Waals surface area (Å²) in [5.74, 6) is 4.99. The fourth-order valence-corrected chi connectivity index (χ4v) is 2.10. The van der Waals surface area contributed by atoms with Crippen LogP contribution in [-0.4, -0.2) is 14.7 Å². The van der Waals surface area contributed by atoms with Crippen LogP contribution < -0.4 is 5.90 Å². The quantitative estimate of drug-likeness (QED) is 0.788. The molecule has 0 aliphatic rings. The molecule has 2 N–H and O–H groups in total. The minimum Gasteiger partial charge on any atom is -0.300 e. The molecule has 0 saturated carbocycles. The molecule has 5 heteroatoms. The first-order chi connectivity index (χ1) is 6.86. The lowest BCUT2D eigenvalue weighted by atomic mass is 10.0. The predicted octanol–water partition coefficient (Wildman–Crippen LogP) is 1.10. The lowest BCUT2D eigenvalue weighted by Gasteiger charge is -2.10. The van der Waals surface area contributed by atoms with Crippen LogP contribution in [0, 0.1) is 13.8 Å². The van der Waals surface area contributed by atoms with Gasteiger partial charge in [0.1, 0.15) is 0 Å². The van der Waals surface area contributed by atoms with E-state index in [4.69, 9.17) is 5.90 Å². The second-order valence-electron chi connectivity index (χ2n) is 3.61. The molecule has 0 aromatic heterocycles. The fraction of sp³-hybridized carbons (Fsp3) is 0.400. The van der Waals surface area contributed by atoms with Crippen molar-refractivity contribution < 1.29 is 13.3 Å². The third-order valence-corrected chi connectivity index (χ3v) is 3.51. The summed E-state index contributed by atoms with van der Waals surface area (Å²) in [6.45, 7) is 4.00. The maximum Gasteiger partial charge on any atom is 0.175 e. The van der Waals surface area contributed by atoms with Crippen LogP contribution in [0.5, 0.6) is 0 Å². The Kier molecular flexibility index (Phi) is 3.49. The summed E-state index contributed by atoms with van der Waals surface area (Å²) < 4.78 is 22.8. The van der Waals surface area contributed by atoms with Gasteiger partial charge in [0.15, 0.2) is 9.84 Å². The van der Waals surface area contributed by atoms with Crippen molar-refractivity contribution in [2.24, 2.45) is 5.90 Å². The highest BCUT2D eigenvalue weighted by Gasteiger charge is 2.11. The second kappa shape index (κ2) is 4.30. The summed E-state index contributed by atoms with van der Waals surface area (Å²) in [7, 11) is -3.18. The van der Waals surface area contributed by atoms with Gasteiger partial charge < -0.3 is 0 Å². The molecule has 0 aliphatic carbocycles. The van der Waals surface area contributed by atoms with Crippen LogP contribution in [0.2, 0.25) is 0 Å². The van der Waals surface area contributed by atoms with Crippen molar-refractivity contribution in [3.8, 4) is 0 Å². The van der Waals surface area contributed by atoms with E-state index in [1.54, 1.807) is 12.1 Å². The van der Waals surface area contributed by atoms with E-state index >= 15 is 0 Å². The van der Waals surface area contributed by atoms with Crippen LogP contribution in [0.25, 0.3) is 0 Å². The van der Waals surface area contributed by atoms with E-state index in [0.29, 0.717) is 4.90 Å². The Balaban J connectivity index is 3.36. The van der Waals surface area contributed by atoms with Crippen molar-refractivity contribution >= 4 is 9.84 Å². The Morgan fingerprint density at radius 1 is 1.33 bits per heavy atom. The molecule has 15 heavy (non-hydrogen) atoms. The number of sulfone groups is 1. The van der Waals surface area contributed by atoms with Gasteiger partial charge in [-0.2, -0.15) is 0 Å². The van der Waals surface area contributed by atoms with Gasteiger partial charge in [0, 0.05) is 6.26 Å². The van der Waals surface area contributed by atoms with Crippen LogP contribution in [0.15, 0.2) is 17.0 Å². The van der Waals surface area contributed by atoms with Gasteiger partial charge in [0.25, 0.3) is 0 Å². The van der Waals surface area contributed by atoms with Gasteiger partial charge in [-0.05, 0) is 42.7 Å².